The molecule has 0 N–H and O–H groups in total. The normalized spacial score (nSPS) is 16.7. The Morgan fingerprint density at radius 2 is 1.48 bits per heavy atom. The van der Waals surface area contributed by atoms with E-state index in [1.165, 1.54) is 26.8 Å². The minimum atomic E-state index is -3.87. The van der Waals surface area contributed by atoms with Crippen LogP contribution in [0.1, 0.15) is 11.1 Å². The fourth-order valence-corrected chi connectivity index (χ4v) is 5.78. The number of sulfonamides is 2. The van der Waals surface area contributed by atoms with Crippen LogP contribution < -0.4 is 0 Å². The van der Waals surface area contributed by atoms with Crippen molar-refractivity contribution in [2.75, 3.05) is 26.2 Å². The number of piperazine rings is 1. The van der Waals surface area contributed by atoms with Crippen LogP contribution in [0.5, 0.6) is 0 Å². The molecule has 0 radical (unpaired) electrons. The van der Waals surface area contributed by atoms with Gasteiger partial charge in [-0.3, -0.25) is 0 Å². The lowest BCUT2D eigenvalue weighted by Crippen LogP contribution is -2.50. The molecular weight excluding hydrogens is 434 g/mol. The van der Waals surface area contributed by atoms with Crippen LogP contribution >= 0.6 is 11.6 Å². The summed E-state index contributed by atoms with van der Waals surface area (Å²) in [5, 5.41) is 10.8. The molecule has 0 unspecified atom stereocenters. The summed E-state index contributed by atoms with van der Waals surface area (Å²) in [4.78, 5) is -0.0681. The fraction of sp³-hybridized carbons (Fsp3) is 0.211. The summed E-state index contributed by atoms with van der Waals surface area (Å²) in [5.74, 6) is 0. The Morgan fingerprint density at radius 3 is 2.10 bits per heavy atom. The maximum absolute atomic E-state index is 12.8. The van der Waals surface area contributed by atoms with Crippen molar-refractivity contribution in [2.24, 2.45) is 0 Å². The van der Waals surface area contributed by atoms with Crippen molar-refractivity contribution in [3.63, 3.8) is 0 Å². The van der Waals surface area contributed by atoms with Gasteiger partial charge < -0.3 is 0 Å². The molecule has 0 bridgehead atoms. The van der Waals surface area contributed by atoms with Crippen LogP contribution in [0.15, 0.2) is 58.8 Å². The number of nitrogens with zero attached hydrogens (tertiary/aromatic N) is 3. The highest BCUT2D eigenvalue weighted by molar-refractivity contribution is 7.92. The third-order valence-electron chi connectivity index (χ3n) is 4.49. The first kappa shape index (κ1) is 21.5. The van der Waals surface area contributed by atoms with Gasteiger partial charge in [-0.05, 0) is 35.9 Å². The number of rotatable bonds is 5. The van der Waals surface area contributed by atoms with Gasteiger partial charge in [0.15, 0.2) is 0 Å². The van der Waals surface area contributed by atoms with Crippen molar-refractivity contribution < 1.29 is 16.8 Å². The average molecular weight is 452 g/mol. The Hall–Kier alpha value is -2.22. The Kier molecular flexibility index (Phi) is 6.41. The molecule has 3 rings (SSSR count). The van der Waals surface area contributed by atoms with Crippen LogP contribution in [0.25, 0.3) is 6.08 Å². The van der Waals surface area contributed by atoms with Gasteiger partial charge in [0.25, 0.3) is 0 Å². The lowest BCUT2D eigenvalue weighted by molar-refractivity contribution is 0.275. The molecule has 10 heteroatoms. The Morgan fingerprint density at radius 1 is 0.897 bits per heavy atom. The van der Waals surface area contributed by atoms with E-state index >= 15 is 0 Å². The second-order valence-corrected chi connectivity index (χ2v) is 10.5. The molecule has 152 valence electrons. The van der Waals surface area contributed by atoms with E-state index in [1.54, 1.807) is 36.4 Å². The average Bonchev–Trinajstić information content (AvgIpc) is 2.73. The zero-order valence-electron chi connectivity index (χ0n) is 15.3. The van der Waals surface area contributed by atoms with E-state index in [1.807, 2.05) is 6.07 Å². The topological polar surface area (TPSA) is 98.5 Å². The van der Waals surface area contributed by atoms with Gasteiger partial charge >= 0.3 is 0 Å². The third-order valence-corrected chi connectivity index (χ3v) is 8.26. The maximum Gasteiger partial charge on any atom is 0.244 e. The zero-order chi connectivity index (χ0) is 21.1. The van der Waals surface area contributed by atoms with Gasteiger partial charge in [-0.25, -0.2) is 16.8 Å². The summed E-state index contributed by atoms with van der Waals surface area (Å²) in [6, 6.07) is 14.6. The van der Waals surface area contributed by atoms with E-state index in [0.717, 1.165) is 5.41 Å². The van der Waals surface area contributed by atoms with Gasteiger partial charge in [0.1, 0.15) is 6.07 Å². The van der Waals surface area contributed by atoms with Crippen LogP contribution in [-0.4, -0.2) is 51.6 Å². The minimum Gasteiger partial charge on any atom is -0.208 e. The predicted molar refractivity (Wildman–Crippen MR) is 111 cm³/mol. The number of hydrogen-bond donors (Lipinski definition) is 0. The number of benzene rings is 2. The first-order valence-electron chi connectivity index (χ1n) is 8.67. The standard InChI is InChI=1S/C19H18ClN3O4S2/c20-18-7-5-16(6-8-18)9-14-28(24,25)22-10-12-23(13-11-22)29(26,27)19-4-2-1-3-17(19)15-21/h1-9,14H,10-13H2/b14-9+. The molecule has 0 amide bonds. The number of halogens is 1. The van der Waals surface area contributed by atoms with Crippen LogP contribution in [0, 0.1) is 11.3 Å². The second kappa shape index (κ2) is 8.65. The van der Waals surface area contributed by atoms with Crippen molar-refractivity contribution in [1.29, 1.82) is 5.26 Å². The molecule has 29 heavy (non-hydrogen) atoms. The Bertz CT molecular complexity index is 1160. The summed E-state index contributed by atoms with van der Waals surface area (Å²) in [5.41, 5.74) is 0.751. The molecule has 0 aromatic heterocycles. The molecule has 1 aliphatic heterocycles. The second-order valence-electron chi connectivity index (χ2n) is 6.31. The highest BCUT2D eigenvalue weighted by Gasteiger charge is 2.33. The number of hydrogen-bond acceptors (Lipinski definition) is 5. The first-order valence-corrected chi connectivity index (χ1v) is 12.0. The molecule has 0 aliphatic carbocycles. The van der Waals surface area contributed by atoms with Gasteiger partial charge in [-0.15, -0.1) is 0 Å². The molecule has 0 saturated carbocycles. The van der Waals surface area contributed by atoms with Crippen molar-refractivity contribution in [3.05, 3.63) is 70.1 Å². The molecule has 0 atom stereocenters. The van der Waals surface area contributed by atoms with E-state index < -0.39 is 20.0 Å². The molecular formula is C19H18ClN3O4S2. The maximum atomic E-state index is 12.8. The largest absolute Gasteiger partial charge is 0.244 e. The SMILES string of the molecule is N#Cc1ccccc1S(=O)(=O)N1CCN(S(=O)(=O)/C=C/c2ccc(Cl)cc2)CC1. The van der Waals surface area contributed by atoms with Gasteiger partial charge in [-0.1, -0.05) is 35.9 Å². The fourth-order valence-electron chi connectivity index (χ4n) is 2.91. The summed E-state index contributed by atoms with van der Waals surface area (Å²) < 4.78 is 53.2. The van der Waals surface area contributed by atoms with Crippen molar-refractivity contribution in [1.82, 2.24) is 8.61 Å². The van der Waals surface area contributed by atoms with Crippen molar-refractivity contribution >= 4 is 37.7 Å². The Labute approximate surface area is 175 Å². The molecule has 2 aromatic carbocycles. The van der Waals surface area contributed by atoms with Crippen LogP contribution in [0.3, 0.4) is 0 Å². The summed E-state index contributed by atoms with van der Waals surface area (Å²) >= 11 is 5.82. The summed E-state index contributed by atoms with van der Waals surface area (Å²) in [7, 11) is -7.57. The Balaban J connectivity index is 1.71. The van der Waals surface area contributed by atoms with E-state index in [4.69, 9.17) is 16.9 Å². The molecule has 0 spiro atoms. The lowest BCUT2D eigenvalue weighted by Gasteiger charge is -2.32. The lowest BCUT2D eigenvalue weighted by atomic mass is 10.2. The minimum absolute atomic E-state index is 0.0100. The highest BCUT2D eigenvalue weighted by atomic mass is 35.5. The predicted octanol–water partition coefficient (Wildman–Crippen LogP) is 2.52. The first-order chi connectivity index (χ1) is 13.7. The molecule has 2 aromatic rings. The van der Waals surface area contributed by atoms with Gasteiger partial charge in [0, 0.05) is 36.6 Å². The van der Waals surface area contributed by atoms with Crippen molar-refractivity contribution in [2.45, 2.75) is 4.90 Å². The number of nitriles is 1. The molecule has 1 saturated heterocycles. The van der Waals surface area contributed by atoms with Crippen LogP contribution in [-0.2, 0) is 20.0 Å². The molecule has 1 aliphatic rings. The summed E-state index contributed by atoms with van der Waals surface area (Å²) in [6.07, 6.45) is 1.47. The van der Waals surface area contributed by atoms with E-state index in [2.05, 4.69) is 0 Å². The van der Waals surface area contributed by atoms with Gasteiger partial charge in [0.05, 0.1) is 10.5 Å². The molecule has 1 heterocycles. The van der Waals surface area contributed by atoms with E-state index in [9.17, 15) is 16.8 Å². The monoisotopic (exact) mass is 451 g/mol. The summed E-state index contributed by atoms with van der Waals surface area (Å²) in [6.45, 7) is 0.0781. The highest BCUT2D eigenvalue weighted by Crippen LogP contribution is 2.22. The van der Waals surface area contributed by atoms with Crippen molar-refractivity contribution in [3.8, 4) is 6.07 Å². The van der Waals surface area contributed by atoms with Gasteiger partial charge in [-0.2, -0.15) is 13.9 Å². The molecule has 7 nitrogen and oxygen atoms in total. The third kappa shape index (κ3) is 4.86. The zero-order valence-corrected chi connectivity index (χ0v) is 17.7. The van der Waals surface area contributed by atoms with Crippen LogP contribution in [0.4, 0.5) is 0 Å². The van der Waals surface area contributed by atoms with Gasteiger partial charge in [0.2, 0.25) is 20.0 Å². The quantitative estimate of drug-likeness (QED) is 0.695. The van der Waals surface area contributed by atoms with E-state index in [0.29, 0.717) is 10.6 Å². The van der Waals surface area contributed by atoms with E-state index in [-0.39, 0.29) is 36.6 Å². The van der Waals surface area contributed by atoms with Crippen LogP contribution in [0.2, 0.25) is 5.02 Å². The smallest absolute Gasteiger partial charge is 0.208 e. The molecule has 1 fully saturated rings.